The molecule has 2 rings (SSSR count). The summed E-state index contributed by atoms with van der Waals surface area (Å²) in [5.74, 6) is -2.63. The second-order valence-corrected chi connectivity index (χ2v) is 3.54. The first-order valence-electron chi connectivity index (χ1n) is 4.77. The van der Waals surface area contributed by atoms with Gasteiger partial charge in [-0.3, -0.25) is 4.79 Å². The number of carbonyl (C=O) groups excluding carboxylic acids is 1. The van der Waals surface area contributed by atoms with Gasteiger partial charge in [-0.05, 0) is 6.07 Å². The number of carbonyl (C=O) groups is 1. The van der Waals surface area contributed by atoms with Crippen molar-refractivity contribution in [2.24, 2.45) is 7.05 Å². The molecule has 0 bridgehead atoms. The van der Waals surface area contributed by atoms with Crippen molar-refractivity contribution in [2.75, 3.05) is 5.73 Å². The summed E-state index contributed by atoms with van der Waals surface area (Å²) in [6.07, 6.45) is 3.01. The van der Waals surface area contributed by atoms with Crippen LogP contribution in [0.3, 0.4) is 0 Å². The van der Waals surface area contributed by atoms with Gasteiger partial charge in [-0.15, -0.1) is 0 Å². The second-order valence-electron chi connectivity index (χ2n) is 3.54. The molecule has 0 aliphatic carbocycles. The molecule has 1 heterocycles. The minimum atomic E-state index is -1.11. The Balaban J connectivity index is 2.52. The van der Waals surface area contributed by atoms with Crippen molar-refractivity contribution < 1.29 is 13.6 Å². The third kappa shape index (κ3) is 1.89. The smallest absolute Gasteiger partial charge is 0.230 e. The molecule has 6 heteroatoms. The lowest BCUT2D eigenvalue weighted by molar-refractivity contribution is 0.102. The summed E-state index contributed by atoms with van der Waals surface area (Å²) in [5.41, 5.74) is 5.27. The highest BCUT2D eigenvalue weighted by Crippen LogP contribution is 2.19. The summed E-state index contributed by atoms with van der Waals surface area (Å²) in [4.78, 5) is 15.8. The molecule has 0 atom stereocenters. The number of rotatable bonds is 2. The molecule has 2 aromatic rings. The minimum absolute atomic E-state index is 0.0989. The van der Waals surface area contributed by atoms with Gasteiger partial charge < -0.3 is 10.3 Å². The van der Waals surface area contributed by atoms with Crippen LogP contribution in [0.2, 0.25) is 0 Å². The van der Waals surface area contributed by atoms with E-state index in [1.165, 1.54) is 10.8 Å². The van der Waals surface area contributed by atoms with E-state index in [1.807, 2.05) is 0 Å². The summed E-state index contributed by atoms with van der Waals surface area (Å²) in [6.45, 7) is 0. The zero-order valence-corrected chi connectivity index (χ0v) is 8.95. The predicted molar refractivity (Wildman–Crippen MR) is 57.4 cm³/mol. The number of aryl methyl sites for hydroxylation is 1. The lowest BCUT2D eigenvalue weighted by Crippen LogP contribution is -2.12. The number of aromatic nitrogens is 2. The summed E-state index contributed by atoms with van der Waals surface area (Å²) in [7, 11) is 1.62. The Morgan fingerprint density at radius 3 is 2.59 bits per heavy atom. The topological polar surface area (TPSA) is 60.9 Å². The first-order chi connectivity index (χ1) is 8.00. The van der Waals surface area contributed by atoms with Crippen LogP contribution in [0.25, 0.3) is 0 Å². The summed E-state index contributed by atoms with van der Waals surface area (Å²) in [5, 5.41) is 0. The van der Waals surface area contributed by atoms with E-state index in [4.69, 9.17) is 5.73 Å². The number of hydrogen-bond donors (Lipinski definition) is 1. The number of ketones is 1. The molecule has 0 saturated carbocycles. The van der Waals surface area contributed by atoms with Crippen molar-refractivity contribution in [1.82, 2.24) is 9.55 Å². The monoisotopic (exact) mass is 237 g/mol. The second kappa shape index (κ2) is 3.97. The number of imidazole rings is 1. The highest BCUT2D eigenvalue weighted by molar-refractivity contribution is 6.10. The Morgan fingerprint density at radius 1 is 1.35 bits per heavy atom. The minimum Gasteiger partial charge on any atom is -0.398 e. The molecule has 88 valence electrons. The third-order valence-corrected chi connectivity index (χ3v) is 2.36. The molecule has 0 fully saturated rings. The quantitative estimate of drug-likeness (QED) is 0.636. The Labute approximate surface area is 95.7 Å². The van der Waals surface area contributed by atoms with Gasteiger partial charge >= 0.3 is 0 Å². The SMILES string of the molecule is Cn1ccnc1C(=O)c1cc(F)c(F)cc1N. The molecule has 1 aromatic carbocycles. The molecule has 1 aromatic heterocycles. The van der Waals surface area contributed by atoms with Crippen LogP contribution in [0, 0.1) is 11.6 Å². The molecule has 0 saturated heterocycles. The first-order valence-corrected chi connectivity index (χ1v) is 4.77. The number of benzene rings is 1. The summed E-state index contributed by atoms with van der Waals surface area (Å²) in [6, 6.07) is 1.56. The number of nitrogens with two attached hydrogens (primary N) is 1. The molecule has 2 N–H and O–H groups in total. The van der Waals surface area contributed by atoms with Crippen LogP contribution >= 0.6 is 0 Å². The van der Waals surface area contributed by atoms with Crippen LogP contribution in [0.15, 0.2) is 24.5 Å². The molecular formula is C11H9F2N3O. The number of hydrogen-bond acceptors (Lipinski definition) is 3. The van der Waals surface area contributed by atoms with Crippen LogP contribution in [0.1, 0.15) is 16.2 Å². The van der Waals surface area contributed by atoms with Crippen LogP contribution in [0.4, 0.5) is 14.5 Å². The maximum absolute atomic E-state index is 13.1. The fraction of sp³-hybridized carbons (Fsp3) is 0.0909. The van der Waals surface area contributed by atoms with Crippen molar-refractivity contribution in [3.63, 3.8) is 0 Å². The summed E-state index contributed by atoms with van der Waals surface area (Å²) < 4.78 is 27.4. The third-order valence-electron chi connectivity index (χ3n) is 2.36. The van der Waals surface area contributed by atoms with Crippen LogP contribution in [0.5, 0.6) is 0 Å². The van der Waals surface area contributed by atoms with Gasteiger partial charge in [-0.25, -0.2) is 13.8 Å². The lowest BCUT2D eigenvalue weighted by Gasteiger charge is -2.05. The zero-order valence-electron chi connectivity index (χ0n) is 8.95. The highest BCUT2D eigenvalue weighted by Gasteiger charge is 2.19. The number of halogens is 2. The van der Waals surface area contributed by atoms with Crippen LogP contribution < -0.4 is 5.73 Å². The van der Waals surface area contributed by atoms with Gasteiger partial charge in [0.1, 0.15) is 0 Å². The molecule has 4 nitrogen and oxygen atoms in total. The standard InChI is InChI=1S/C11H9F2N3O/c1-16-3-2-15-11(16)10(17)6-4-7(12)8(13)5-9(6)14/h2-5H,14H2,1H3. The van der Waals surface area contributed by atoms with Gasteiger partial charge in [0, 0.05) is 31.2 Å². The largest absolute Gasteiger partial charge is 0.398 e. The van der Waals surface area contributed by atoms with Crippen molar-refractivity contribution in [3.05, 3.63) is 47.5 Å². The zero-order chi connectivity index (χ0) is 12.6. The van der Waals surface area contributed by atoms with Gasteiger partial charge in [0.25, 0.3) is 0 Å². The normalized spacial score (nSPS) is 10.5. The van der Waals surface area contributed by atoms with Gasteiger partial charge in [0.2, 0.25) is 5.78 Å². The van der Waals surface area contributed by atoms with E-state index in [1.54, 1.807) is 13.2 Å². The fourth-order valence-electron chi connectivity index (χ4n) is 1.46. The van der Waals surface area contributed by atoms with E-state index in [-0.39, 0.29) is 17.1 Å². The molecule has 0 spiro atoms. The molecule has 0 aliphatic rings. The van der Waals surface area contributed by atoms with E-state index in [0.717, 1.165) is 12.1 Å². The average molecular weight is 237 g/mol. The average Bonchev–Trinajstić information content (AvgIpc) is 2.69. The van der Waals surface area contributed by atoms with Crippen LogP contribution in [-0.2, 0) is 7.05 Å². The van der Waals surface area contributed by atoms with Gasteiger partial charge in [0.15, 0.2) is 17.5 Å². The van der Waals surface area contributed by atoms with E-state index in [9.17, 15) is 13.6 Å². The van der Waals surface area contributed by atoms with Gasteiger partial charge in [0.05, 0.1) is 5.56 Å². The van der Waals surface area contributed by atoms with Crippen molar-refractivity contribution >= 4 is 11.5 Å². The number of anilines is 1. The Morgan fingerprint density at radius 2 is 2.00 bits per heavy atom. The van der Waals surface area contributed by atoms with E-state index in [0.29, 0.717) is 0 Å². The molecule has 0 unspecified atom stereocenters. The number of nitrogens with zero attached hydrogens (tertiary/aromatic N) is 2. The molecule has 0 radical (unpaired) electrons. The fourth-order valence-corrected chi connectivity index (χ4v) is 1.46. The maximum Gasteiger partial charge on any atom is 0.230 e. The van der Waals surface area contributed by atoms with E-state index >= 15 is 0 Å². The molecule has 0 aliphatic heterocycles. The van der Waals surface area contributed by atoms with Gasteiger partial charge in [-0.1, -0.05) is 0 Å². The Bertz CT molecular complexity index is 592. The van der Waals surface area contributed by atoms with Crippen molar-refractivity contribution in [1.29, 1.82) is 0 Å². The maximum atomic E-state index is 13.1. The van der Waals surface area contributed by atoms with Crippen LogP contribution in [-0.4, -0.2) is 15.3 Å². The molecule has 17 heavy (non-hydrogen) atoms. The highest BCUT2D eigenvalue weighted by atomic mass is 19.2. The lowest BCUT2D eigenvalue weighted by atomic mass is 10.1. The molecular weight excluding hydrogens is 228 g/mol. The first kappa shape index (κ1) is 11.3. The van der Waals surface area contributed by atoms with Crippen molar-refractivity contribution in [2.45, 2.75) is 0 Å². The van der Waals surface area contributed by atoms with Gasteiger partial charge in [-0.2, -0.15) is 0 Å². The summed E-state index contributed by atoms with van der Waals surface area (Å²) >= 11 is 0. The molecule has 0 amide bonds. The Hall–Kier alpha value is -2.24. The number of nitrogen functional groups attached to an aromatic ring is 1. The van der Waals surface area contributed by atoms with E-state index < -0.39 is 17.4 Å². The predicted octanol–water partition coefficient (Wildman–Crippen LogP) is 1.51. The van der Waals surface area contributed by atoms with Crippen molar-refractivity contribution in [3.8, 4) is 0 Å². The van der Waals surface area contributed by atoms with E-state index in [2.05, 4.69) is 4.98 Å². The Kier molecular flexibility index (Phi) is 2.63.